The molecule has 194 valence electrons. The van der Waals surface area contributed by atoms with E-state index in [1.807, 2.05) is 36.4 Å². The molecule has 0 amide bonds. The van der Waals surface area contributed by atoms with Crippen molar-refractivity contribution in [2.24, 2.45) is 0 Å². The summed E-state index contributed by atoms with van der Waals surface area (Å²) in [5, 5.41) is 37.5. The third-order valence-electron chi connectivity index (χ3n) is 6.74. The summed E-state index contributed by atoms with van der Waals surface area (Å²) in [5.41, 5.74) is 3.48. The van der Waals surface area contributed by atoms with Crippen molar-refractivity contribution in [1.82, 2.24) is 19.5 Å². The zero-order valence-electron chi connectivity index (χ0n) is 20.6. The van der Waals surface area contributed by atoms with Crippen LogP contribution in [0.25, 0.3) is 15.9 Å². The van der Waals surface area contributed by atoms with Gasteiger partial charge in [0.2, 0.25) is 5.95 Å². The second-order valence-corrected chi connectivity index (χ2v) is 10.6. The van der Waals surface area contributed by atoms with Crippen molar-refractivity contribution >= 4 is 38.5 Å². The number of hydrogen-bond donors (Lipinski definition) is 5. The van der Waals surface area contributed by atoms with Gasteiger partial charge in [-0.3, -0.25) is 4.57 Å². The zero-order valence-corrected chi connectivity index (χ0v) is 21.4. The minimum Gasteiger partial charge on any atom is -0.494 e. The Hall–Kier alpha value is -4.15. The first-order chi connectivity index (χ1) is 18.5. The minimum atomic E-state index is -0.222. The number of aliphatic hydroxyl groups excluding tert-OH is 1. The Morgan fingerprint density at radius 1 is 0.868 bits per heavy atom. The molecule has 0 aliphatic heterocycles. The molecule has 2 aromatic carbocycles. The lowest BCUT2D eigenvalue weighted by molar-refractivity contribution is 0.126. The van der Waals surface area contributed by atoms with Crippen LogP contribution in [0.3, 0.4) is 0 Å². The summed E-state index contributed by atoms with van der Waals surface area (Å²) >= 11 is 1.46. The number of thiazole rings is 1. The molecule has 6 rings (SSSR count). The van der Waals surface area contributed by atoms with Crippen molar-refractivity contribution in [3.8, 4) is 17.4 Å². The van der Waals surface area contributed by atoms with E-state index in [9.17, 15) is 15.3 Å². The van der Waals surface area contributed by atoms with Gasteiger partial charge in [0.15, 0.2) is 16.9 Å². The van der Waals surface area contributed by atoms with Gasteiger partial charge in [-0.1, -0.05) is 41.7 Å². The lowest BCUT2D eigenvalue weighted by Gasteiger charge is -2.26. The number of anilines is 3. The monoisotopic (exact) mass is 528 g/mol. The zero-order chi connectivity index (χ0) is 26.1. The molecule has 1 aliphatic rings. The van der Waals surface area contributed by atoms with Gasteiger partial charge in [0.1, 0.15) is 5.82 Å². The third-order valence-corrected chi connectivity index (χ3v) is 7.68. The Morgan fingerprint density at radius 2 is 1.63 bits per heavy atom. The molecule has 0 atom stereocenters. The summed E-state index contributed by atoms with van der Waals surface area (Å²) in [5.74, 6) is 1.13. The highest BCUT2D eigenvalue weighted by atomic mass is 32.1. The number of aromatic nitrogens is 4. The molecule has 5 aromatic rings. The van der Waals surface area contributed by atoms with Crippen molar-refractivity contribution < 1.29 is 15.3 Å². The Balaban J connectivity index is 1.28. The van der Waals surface area contributed by atoms with Crippen molar-refractivity contribution in [2.45, 2.75) is 44.2 Å². The molecule has 0 spiro atoms. The molecule has 1 saturated carbocycles. The number of rotatable bonds is 7. The maximum atomic E-state index is 10.1. The predicted molar refractivity (Wildman–Crippen MR) is 149 cm³/mol. The first-order valence-corrected chi connectivity index (χ1v) is 13.5. The van der Waals surface area contributed by atoms with E-state index in [1.165, 1.54) is 28.0 Å². The second-order valence-electron chi connectivity index (χ2n) is 9.56. The predicted octanol–water partition coefficient (Wildman–Crippen LogP) is 5.34. The van der Waals surface area contributed by atoms with Crippen LogP contribution in [0.4, 0.5) is 16.9 Å². The van der Waals surface area contributed by atoms with Crippen LogP contribution >= 0.6 is 11.3 Å². The summed E-state index contributed by atoms with van der Waals surface area (Å²) < 4.78 is 2.27. The largest absolute Gasteiger partial charge is 0.494 e. The first-order valence-electron chi connectivity index (χ1n) is 12.6. The molecule has 0 radical (unpaired) electrons. The van der Waals surface area contributed by atoms with E-state index in [1.54, 1.807) is 6.07 Å². The van der Waals surface area contributed by atoms with Gasteiger partial charge in [0, 0.05) is 30.7 Å². The fraction of sp³-hybridized carbons (Fsp3) is 0.250. The number of nitrogens with one attached hydrogen (secondary N) is 2. The van der Waals surface area contributed by atoms with Gasteiger partial charge in [-0.2, -0.15) is 4.98 Å². The highest BCUT2D eigenvalue weighted by Gasteiger charge is 2.20. The summed E-state index contributed by atoms with van der Waals surface area (Å²) in [7, 11) is 0. The maximum absolute atomic E-state index is 10.1. The molecule has 10 heteroatoms. The quantitative estimate of drug-likeness (QED) is 0.192. The van der Waals surface area contributed by atoms with Crippen molar-refractivity contribution in [1.29, 1.82) is 0 Å². The van der Waals surface area contributed by atoms with E-state index in [4.69, 9.17) is 15.0 Å². The van der Waals surface area contributed by atoms with Gasteiger partial charge in [0.25, 0.3) is 0 Å². The van der Waals surface area contributed by atoms with Gasteiger partial charge >= 0.3 is 0 Å². The lowest BCUT2D eigenvalue weighted by Crippen LogP contribution is -2.29. The van der Waals surface area contributed by atoms with Gasteiger partial charge in [-0.25, -0.2) is 9.97 Å². The number of hydrogen-bond acceptors (Lipinski definition) is 9. The number of fused-ring (bicyclic) bond motifs is 1. The van der Waals surface area contributed by atoms with Gasteiger partial charge in [-0.15, -0.1) is 0 Å². The highest BCUT2D eigenvalue weighted by Crippen LogP contribution is 2.33. The molecular formula is C28H28N6O3S. The second kappa shape index (κ2) is 10.3. The lowest BCUT2D eigenvalue weighted by atomic mass is 9.93. The van der Waals surface area contributed by atoms with Crippen LogP contribution < -0.4 is 10.6 Å². The molecule has 0 unspecified atom stereocenters. The molecule has 3 heterocycles. The normalized spacial score (nSPS) is 17.5. The van der Waals surface area contributed by atoms with Gasteiger partial charge in [-0.05, 0) is 49.4 Å². The Labute approximate surface area is 223 Å². The van der Waals surface area contributed by atoms with E-state index in [-0.39, 0.29) is 23.9 Å². The number of aliphatic hydroxyl groups is 1. The number of nitrogens with zero attached hydrogens (tertiary/aromatic N) is 4. The van der Waals surface area contributed by atoms with E-state index >= 15 is 0 Å². The molecule has 1 fully saturated rings. The topological polar surface area (TPSA) is 128 Å². The van der Waals surface area contributed by atoms with Gasteiger partial charge in [0.05, 0.1) is 27.7 Å². The summed E-state index contributed by atoms with van der Waals surface area (Å²) in [4.78, 5) is 14.2. The number of benzene rings is 2. The molecule has 3 aromatic heterocycles. The van der Waals surface area contributed by atoms with E-state index < -0.39 is 0 Å². The average molecular weight is 529 g/mol. The van der Waals surface area contributed by atoms with Crippen LogP contribution in [0, 0.1) is 0 Å². The van der Waals surface area contributed by atoms with Crippen LogP contribution in [-0.4, -0.2) is 47.0 Å². The van der Waals surface area contributed by atoms with Crippen molar-refractivity contribution in [2.75, 3.05) is 10.6 Å². The molecule has 1 aliphatic carbocycles. The molecule has 5 N–H and O–H groups in total. The van der Waals surface area contributed by atoms with E-state index in [2.05, 4.69) is 22.8 Å². The van der Waals surface area contributed by atoms with Crippen molar-refractivity contribution in [3.05, 3.63) is 78.0 Å². The molecule has 0 bridgehead atoms. The third kappa shape index (κ3) is 5.27. The highest BCUT2D eigenvalue weighted by molar-refractivity contribution is 7.22. The van der Waals surface area contributed by atoms with E-state index in [0.717, 1.165) is 47.2 Å². The van der Waals surface area contributed by atoms with Crippen LogP contribution in [-0.2, 0) is 6.42 Å². The molecule has 38 heavy (non-hydrogen) atoms. The van der Waals surface area contributed by atoms with Crippen LogP contribution in [0.2, 0.25) is 0 Å². The Morgan fingerprint density at radius 3 is 2.39 bits per heavy atom. The number of aromatic hydroxyl groups is 2. The van der Waals surface area contributed by atoms with E-state index in [0.29, 0.717) is 29.0 Å². The smallest absolute Gasteiger partial charge is 0.225 e. The summed E-state index contributed by atoms with van der Waals surface area (Å²) in [6.45, 7) is 0. The van der Waals surface area contributed by atoms with Crippen LogP contribution in [0.5, 0.6) is 11.8 Å². The van der Waals surface area contributed by atoms with Crippen molar-refractivity contribution in [3.63, 3.8) is 0 Å². The fourth-order valence-electron chi connectivity index (χ4n) is 4.82. The SMILES string of the molecule is Oc1ccc(O)n1-c1ccc2nc(Nc3cc(Cc4ccccc4)nc(NC4CCC(O)CC4)n3)sc2c1. The first kappa shape index (κ1) is 24.2. The summed E-state index contributed by atoms with van der Waals surface area (Å²) in [6.07, 6.45) is 3.76. The molecular weight excluding hydrogens is 500 g/mol. The molecule has 0 saturated heterocycles. The molecule has 9 nitrogen and oxygen atoms in total. The maximum Gasteiger partial charge on any atom is 0.225 e. The van der Waals surface area contributed by atoms with Crippen LogP contribution in [0.15, 0.2) is 66.7 Å². The Bertz CT molecular complexity index is 1540. The fourth-order valence-corrected chi connectivity index (χ4v) is 5.73. The van der Waals surface area contributed by atoms with Gasteiger partial charge < -0.3 is 26.0 Å². The van der Waals surface area contributed by atoms with Crippen LogP contribution in [0.1, 0.15) is 36.9 Å². The standard InChI is InChI=1S/C28H28N6O3S/c35-21-9-6-18(7-10-21)29-27-30-19(14-17-4-2-1-3-5-17)15-24(32-27)33-28-31-22-11-8-20(16-23(22)38-28)34-25(36)12-13-26(34)37/h1-5,8,11-13,15-16,18,21,35-37H,6-7,9-10,14H2,(H2,29,30,31,32,33). The average Bonchev–Trinajstić information content (AvgIpc) is 3.46. The minimum absolute atomic E-state index is 0.0378. The summed E-state index contributed by atoms with van der Waals surface area (Å²) in [6, 6.07) is 20.8. The Kier molecular flexibility index (Phi) is 6.57.